The molecule has 2 rings (SSSR count). The standard InChI is InChI=1S/C12H13ClN4O2S/c1-17-12(15-10(18)11(19)16-17)20-8-3-2-7(4-5-14)9(13)6-8/h2-3,6H,4-5,14H2,1H3,(H,16,19). The molecular weight excluding hydrogens is 300 g/mol. The topological polar surface area (TPSA) is 93.8 Å². The van der Waals surface area contributed by atoms with E-state index in [2.05, 4.69) is 10.1 Å². The molecule has 1 heterocycles. The van der Waals surface area contributed by atoms with Crippen LogP contribution in [-0.4, -0.2) is 21.3 Å². The van der Waals surface area contributed by atoms with Crippen molar-refractivity contribution in [2.75, 3.05) is 6.54 Å². The molecule has 0 atom stereocenters. The quantitative estimate of drug-likeness (QED) is 0.814. The number of nitrogens with two attached hydrogens (primary N) is 1. The molecule has 0 saturated heterocycles. The van der Waals surface area contributed by atoms with Crippen molar-refractivity contribution in [2.45, 2.75) is 16.5 Å². The van der Waals surface area contributed by atoms with Gasteiger partial charge in [-0.1, -0.05) is 29.4 Å². The lowest BCUT2D eigenvalue weighted by molar-refractivity contribution is 0.596. The molecule has 0 aliphatic carbocycles. The van der Waals surface area contributed by atoms with E-state index in [1.54, 1.807) is 13.1 Å². The Morgan fingerprint density at radius 2 is 2.20 bits per heavy atom. The summed E-state index contributed by atoms with van der Waals surface area (Å²) in [6.45, 7) is 0.530. The van der Waals surface area contributed by atoms with Crippen LogP contribution < -0.4 is 16.9 Å². The van der Waals surface area contributed by atoms with Gasteiger partial charge in [0.1, 0.15) is 0 Å². The fourth-order valence-electron chi connectivity index (χ4n) is 1.61. The van der Waals surface area contributed by atoms with Crippen molar-refractivity contribution >= 4 is 23.4 Å². The van der Waals surface area contributed by atoms with E-state index in [4.69, 9.17) is 17.3 Å². The lowest BCUT2D eigenvalue weighted by atomic mass is 10.1. The summed E-state index contributed by atoms with van der Waals surface area (Å²) in [5.74, 6) is 0. The number of rotatable bonds is 4. The van der Waals surface area contributed by atoms with Gasteiger partial charge in [-0.25, -0.2) is 0 Å². The molecule has 106 valence electrons. The van der Waals surface area contributed by atoms with Crippen molar-refractivity contribution in [3.8, 4) is 0 Å². The number of benzene rings is 1. The van der Waals surface area contributed by atoms with Gasteiger partial charge in [0.25, 0.3) is 0 Å². The molecule has 0 spiro atoms. The van der Waals surface area contributed by atoms with Crippen LogP contribution in [0.25, 0.3) is 0 Å². The molecule has 0 fully saturated rings. The average molecular weight is 313 g/mol. The molecular formula is C12H13ClN4O2S. The number of nitrogens with one attached hydrogen (secondary N) is 1. The molecule has 0 saturated carbocycles. The van der Waals surface area contributed by atoms with Gasteiger partial charge in [0.05, 0.1) is 0 Å². The number of nitrogens with zero attached hydrogens (tertiary/aromatic N) is 2. The molecule has 1 aromatic carbocycles. The molecule has 2 aromatic rings. The Balaban J connectivity index is 2.31. The Morgan fingerprint density at radius 3 is 2.85 bits per heavy atom. The number of hydrogen-bond acceptors (Lipinski definition) is 5. The highest BCUT2D eigenvalue weighted by atomic mass is 35.5. The third-order valence-electron chi connectivity index (χ3n) is 2.59. The Morgan fingerprint density at radius 1 is 1.45 bits per heavy atom. The van der Waals surface area contributed by atoms with Crippen LogP contribution in [0.15, 0.2) is 37.8 Å². The van der Waals surface area contributed by atoms with E-state index in [0.717, 1.165) is 10.5 Å². The van der Waals surface area contributed by atoms with Crippen LogP contribution >= 0.6 is 23.4 Å². The maximum atomic E-state index is 11.3. The van der Waals surface area contributed by atoms with Gasteiger partial charge in [-0.3, -0.25) is 19.4 Å². The second-order valence-corrected chi connectivity index (χ2v) is 5.54. The summed E-state index contributed by atoms with van der Waals surface area (Å²) in [5, 5.41) is 3.40. The molecule has 20 heavy (non-hydrogen) atoms. The second kappa shape index (κ2) is 6.25. The van der Waals surface area contributed by atoms with Gasteiger partial charge in [-0.05, 0) is 30.7 Å². The first-order chi connectivity index (χ1) is 9.51. The van der Waals surface area contributed by atoms with Crippen molar-refractivity contribution in [3.63, 3.8) is 0 Å². The van der Waals surface area contributed by atoms with E-state index in [1.807, 2.05) is 12.1 Å². The lowest BCUT2D eigenvalue weighted by Crippen LogP contribution is -2.33. The molecule has 3 N–H and O–H groups in total. The van der Waals surface area contributed by atoms with Crippen molar-refractivity contribution < 1.29 is 0 Å². The summed E-state index contributed by atoms with van der Waals surface area (Å²) in [4.78, 5) is 26.9. The lowest BCUT2D eigenvalue weighted by Gasteiger charge is -2.08. The zero-order chi connectivity index (χ0) is 14.7. The van der Waals surface area contributed by atoms with Gasteiger partial charge in [0, 0.05) is 17.0 Å². The van der Waals surface area contributed by atoms with Gasteiger partial charge >= 0.3 is 11.1 Å². The molecule has 8 heteroatoms. The van der Waals surface area contributed by atoms with Crippen LogP contribution in [0.3, 0.4) is 0 Å². The summed E-state index contributed by atoms with van der Waals surface area (Å²) >= 11 is 7.40. The van der Waals surface area contributed by atoms with Crippen molar-refractivity contribution in [2.24, 2.45) is 12.8 Å². The van der Waals surface area contributed by atoms with Gasteiger partial charge in [-0.15, -0.1) is 0 Å². The maximum Gasteiger partial charge on any atom is 0.339 e. The zero-order valence-electron chi connectivity index (χ0n) is 10.7. The summed E-state index contributed by atoms with van der Waals surface area (Å²) in [5.41, 5.74) is 4.92. The third kappa shape index (κ3) is 3.30. The Labute approximate surface area is 124 Å². The van der Waals surface area contributed by atoms with E-state index in [1.165, 1.54) is 16.4 Å². The summed E-state index contributed by atoms with van der Waals surface area (Å²) in [6, 6.07) is 5.55. The monoisotopic (exact) mass is 312 g/mol. The van der Waals surface area contributed by atoms with Crippen LogP contribution in [-0.2, 0) is 13.5 Å². The molecule has 0 bridgehead atoms. The highest BCUT2D eigenvalue weighted by molar-refractivity contribution is 7.99. The third-order valence-corrected chi connectivity index (χ3v) is 3.98. The summed E-state index contributed by atoms with van der Waals surface area (Å²) < 4.78 is 1.40. The van der Waals surface area contributed by atoms with Gasteiger partial charge < -0.3 is 5.73 Å². The SMILES string of the molecule is Cn1[nH]c(=O)c(=O)nc1Sc1ccc(CCN)c(Cl)c1. The molecule has 6 nitrogen and oxygen atoms in total. The average Bonchev–Trinajstić information content (AvgIpc) is 2.39. The van der Waals surface area contributed by atoms with Crippen LogP contribution in [0, 0.1) is 0 Å². The van der Waals surface area contributed by atoms with Crippen molar-refractivity contribution in [3.05, 3.63) is 49.5 Å². The van der Waals surface area contributed by atoms with Crippen LogP contribution in [0.2, 0.25) is 5.02 Å². The van der Waals surface area contributed by atoms with Gasteiger partial charge in [0.2, 0.25) is 0 Å². The van der Waals surface area contributed by atoms with Crippen LogP contribution in [0.5, 0.6) is 0 Å². The van der Waals surface area contributed by atoms with Crippen molar-refractivity contribution in [1.82, 2.24) is 14.8 Å². The minimum Gasteiger partial charge on any atom is -0.330 e. The zero-order valence-corrected chi connectivity index (χ0v) is 12.3. The minimum atomic E-state index is -0.809. The number of aromatic amines is 1. The second-order valence-electron chi connectivity index (χ2n) is 4.09. The minimum absolute atomic E-state index is 0.386. The highest BCUT2D eigenvalue weighted by Gasteiger charge is 2.08. The molecule has 0 unspecified atom stereocenters. The first-order valence-corrected chi connectivity index (χ1v) is 7.04. The Kier molecular flexibility index (Phi) is 4.64. The molecule has 0 radical (unpaired) electrons. The van der Waals surface area contributed by atoms with Gasteiger partial charge in [0.15, 0.2) is 5.16 Å². The highest BCUT2D eigenvalue weighted by Crippen LogP contribution is 2.28. The predicted octanol–water partition coefficient (Wildman–Crippen LogP) is 0.774. The maximum absolute atomic E-state index is 11.3. The first-order valence-electron chi connectivity index (χ1n) is 5.85. The molecule has 1 aromatic heterocycles. The number of aromatic nitrogens is 3. The molecule has 0 aliphatic rings. The van der Waals surface area contributed by atoms with Crippen LogP contribution in [0.4, 0.5) is 0 Å². The fourth-order valence-corrected chi connectivity index (χ4v) is 2.78. The van der Waals surface area contributed by atoms with Crippen LogP contribution in [0.1, 0.15) is 5.56 Å². The number of H-pyrrole nitrogens is 1. The normalized spacial score (nSPS) is 10.8. The van der Waals surface area contributed by atoms with E-state index in [-0.39, 0.29) is 0 Å². The number of halogens is 1. The largest absolute Gasteiger partial charge is 0.339 e. The van der Waals surface area contributed by atoms with E-state index in [9.17, 15) is 9.59 Å². The Bertz CT molecular complexity index is 741. The first kappa shape index (κ1) is 14.8. The van der Waals surface area contributed by atoms with E-state index < -0.39 is 11.1 Å². The van der Waals surface area contributed by atoms with Crippen molar-refractivity contribution in [1.29, 1.82) is 0 Å². The van der Waals surface area contributed by atoms with Gasteiger partial charge in [-0.2, -0.15) is 4.98 Å². The molecule has 0 aliphatic heterocycles. The fraction of sp³-hybridized carbons (Fsp3) is 0.250. The molecule has 0 amide bonds. The van der Waals surface area contributed by atoms with E-state index >= 15 is 0 Å². The number of aryl methyl sites for hydroxylation is 1. The smallest absolute Gasteiger partial charge is 0.330 e. The number of hydrogen-bond donors (Lipinski definition) is 2. The predicted molar refractivity (Wildman–Crippen MR) is 78.4 cm³/mol. The Hall–Kier alpha value is -1.57. The van der Waals surface area contributed by atoms with E-state index in [0.29, 0.717) is 23.1 Å². The summed E-state index contributed by atoms with van der Waals surface area (Å²) in [6.07, 6.45) is 0.708. The summed E-state index contributed by atoms with van der Waals surface area (Å²) in [7, 11) is 1.61.